The van der Waals surface area contributed by atoms with Crippen molar-refractivity contribution in [2.24, 2.45) is 0 Å². The molecule has 122 valence electrons. The molecule has 0 saturated carbocycles. The van der Waals surface area contributed by atoms with Crippen molar-refractivity contribution in [3.8, 4) is 0 Å². The Labute approximate surface area is 139 Å². The second-order valence-corrected chi connectivity index (χ2v) is 5.53. The van der Waals surface area contributed by atoms with Gasteiger partial charge >= 0.3 is 0 Å². The van der Waals surface area contributed by atoms with Gasteiger partial charge in [0.05, 0.1) is 29.5 Å². The van der Waals surface area contributed by atoms with Gasteiger partial charge in [0.2, 0.25) is 0 Å². The van der Waals surface area contributed by atoms with Gasteiger partial charge in [0, 0.05) is 31.9 Å². The van der Waals surface area contributed by atoms with Gasteiger partial charge in [-0.2, -0.15) is 5.06 Å². The Hall–Kier alpha value is -2.93. The number of rotatable bonds is 2. The SMILES string of the molecule is O=C(/C=C/c1cnc2ccccc2n1)N1OCCN2CCNC=C21. The Morgan fingerprint density at radius 1 is 1.25 bits per heavy atom. The van der Waals surface area contributed by atoms with E-state index in [1.807, 2.05) is 30.5 Å². The third-order valence-corrected chi connectivity index (χ3v) is 3.93. The van der Waals surface area contributed by atoms with Crippen LogP contribution in [0.3, 0.4) is 0 Å². The summed E-state index contributed by atoms with van der Waals surface area (Å²) < 4.78 is 0. The normalized spacial score (nSPS) is 17.6. The maximum absolute atomic E-state index is 12.5. The number of nitrogens with zero attached hydrogens (tertiary/aromatic N) is 4. The first kappa shape index (κ1) is 14.6. The summed E-state index contributed by atoms with van der Waals surface area (Å²) >= 11 is 0. The van der Waals surface area contributed by atoms with E-state index in [4.69, 9.17) is 4.84 Å². The standard InChI is InChI=1S/C17H17N5O2/c23-17(22-16-12-18-7-8-21(16)9-10-24-22)6-5-13-11-19-14-3-1-2-4-15(14)20-13/h1-6,11-12,18H,7-10H2/b6-5+. The predicted octanol–water partition coefficient (Wildman–Crippen LogP) is 1.12. The Morgan fingerprint density at radius 3 is 3.04 bits per heavy atom. The summed E-state index contributed by atoms with van der Waals surface area (Å²) in [5.41, 5.74) is 2.26. The molecule has 7 heteroatoms. The lowest BCUT2D eigenvalue weighted by Gasteiger charge is -2.39. The van der Waals surface area contributed by atoms with Crippen molar-refractivity contribution in [3.63, 3.8) is 0 Å². The highest BCUT2D eigenvalue weighted by Crippen LogP contribution is 2.18. The van der Waals surface area contributed by atoms with Crippen molar-refractivity contribution in [3.05, 3.63) is 54.3 Å². The van der Waals surface area contributed by atoms with Gasteiger partial charge in [0.15, 0.2) is 5.82 Å². The summed E-state index contributed by atoms with van der Waals surface area (Å²) in [7, 11) is 0. The Bertz CT molecular complexity index is 833. The summed E-state index contributed by atoms with van der Waals surface area (Å²) in [5, 5.41) is 4.46. The second kappa shape index (κ2) is 6.29. The molecule has 0 bridgehead atoms. The zero-order valence-electron chi connectivity index (χ0n) is 13.1. The average molecular weight is 323 g/mol. The molecule has 1 aromatic heterocycles. The van der Waals surface area contributed by atoms with Crippen LogP contribution in [0, 0.1) is 0 Å². The lowest BCUT2D eigenvalue weighted by Crippen LogP contribution is -2.50. The third kappa shape index (κ3) is 2.81. The summed E-state index contributed by atoms with van der Waals surface area (Å²) in [6.07, 6.45) is 6.57. The Morgan fingerprint density at radius 2 is 2.12 bits per heavy atom. The number of aromatic nitrogens is 2. The zero-order chi connectivity index (χ0) is 16.4. The minimum Gasteiger partial charge on any atom is -0.386 e. The van der Waals surface area contributed by atoms with E-state index < -0.39 is 0 Å². The van der Waals surface area contributed by atoms with Gasteiger partial charge in [0.1, 0.15) is 0 Å². The molecule has 1 fully saturated rings. The molecule has 1 amide bonds. The predicted molar refractivity (Wildman–Crippen MR) is 89.0 cm³/mol. The second-order valence-electron chi connectivity index (χ2n) is 5.53. The molecule has 7 nitrogen and oxygen atoms in total. The van der Waals surface area contributed by atoms with Crippen LogP contribution < -0.4 is 5.32 Å². The van der Waals surface area contributed by atoms with Gasteiger partial charge in [-0.15, -0.1) is 0 Å². The molecule has 1 aromatic carbocycles. The molecular weight excluding hydrogens is 306 g/mol. The number of benzene rings is 1. The summed E-state index contributed by atoms with van der Waals surface area (Å²) in [6, 6.07) is 7.63. The van der Waals surface area contributed by atoms with Crippen molar-refractivity contribution in [2.75, 3.05) is 26.2 Å². The Balaban J connectivity index is 1.53. The molecule has 2 aliphatic heterocycles. The van der Waals surface area contributed by atoms with E-state index in [2.05, 4.69) is 20.2 Å². The van der Waals surface area contributed by atoms with Crippen LogP contribution in [0.4, 0.5) is 0 Å². The molecule has 0 atom stereocenters. The van der Waals surface area contributed by atoms with Gasteiger partial charge in [-0.1, -0.05) is 12.1 Å². The zero-order valence-corrected chi connectivity index (χ0v) is 13.1. The van der Waals surface area contributed by atoms with Crippen LogP contribution in [-0.2, 0) is 9.63 Å². The average Bonchev–Trinajstić information content (AvgIpc) is 2.65. The molecular formula is C17H17N5O2. The van der Waals surface area contributed by atoms with Gasteiger partial charge < -0.3 is 10.2 Å². The summed E-state index contributed by atoms with van der Waals surface area (Å²) in [4.78, 5) is 28.9. The number of fused-ring (bicyclic) bond motifs is 2. The van der Waals surface area contributed by atoms with E-state index in [0.717, 1.165) is 36.5 Å². The van der Waals surface area contributed by atoms with Crippen molar-refractivity contribution in [1.82, 2.24) is 25.2 Å². The van der Waals surface area contributed by atoms with Gasteiger partial charge in [-0.25, -0.2) is 4.98 Å². The highest BCUT2D eigenvalue weighted by atomic mass is 16.7. The van der Waals surface area contributed by atoms with E-state index in [0.29, 0.717) is 12.3 Å². The van der Waals surface area contributed by atoms with Gasteiger partial charge in [0.25, 0.3) is 5.91 Å². The van der Waals surface area contributed by atoms with Crippen molar-refractivity contribution in [2.45, 2.75) is 0 Å². The number of carbonyl (C=O) groups excluding carboxylic acids is 1. The van der Waals surface area contributed by atoms with Crippen LogP contribution in [0.15, 0.2) is 48.6 Å². The van der Waals surface area contributed by atoms with E-state index in [-0.39, 0.29) is 5.91 Å². The fourth-order valence-corrected chi connectivity index (χ4v) is 2.74. The monoisotopic (exact) mass is 323 g/mol. The first-order chi connectivity index (χ1) is 11.8. The fraction of sp³-hybridized carbons (Fsp3) is 0.235. The van der Waals surface area contributed by atoms with Crippen LogP contribution in [0.1, 0.15) is 5.69 Å². The van der Waals surface area contributed by atoms with Crippen LogP contribution in [-0.4, -0.2) is 52.1 Å². The first-order valence-corrected chi connectivity index (χ1v) is 7.87. The van der Waals surface area contributed by atoms with E-state index in [1.54, 1.807) is 12.3 Å². The number of hydrogen-bond acceptors (Lipinski definition) is 6. The topological polar surface area (TPSA) is 70.6 Å². The number of amides is 1. The Kier molecular flexibility index (Phi) is 3.84. The van der Waals surface area contributed by atoms with E-state index >= 15 is 0 Å². The van der Waals surface area contributed by atoms with Crippen molar-refractivity contribution < 1.29 is 9.63 Å². The summed E-state index contributed by atoms with van der Waals surface area (Å²) in [6.45, 7) is 3.01. The molecule has 1 N–H and O–H groups in total. The molecule has 1 saturated heterocycles. The molecule has 0 spiro atoms. The number of para-hydroxylation sites is 2. The van der Waals surface area contributed by atoms with Crippen molar-refractivity contribution in [1.29, 1.82) is 0 Å². The quantitative estimate of drug-likeness (QED) is 0.835. The summed E-state index contributed by atoms with van der Waals surface area (Å²) in [5.74, 6) is 0.497. The largest absolute Gasteiger partial charge is 0.386 e. The fourth-order valence-electron chi connectivity index (χ4n) is 2.74. The highest BCUT2D eigenvalue weighted by Gasteiger charge is 2.28. The molecule has 24 heavy (non-hydrogen) atoms. The van der Waals surface area contributed by atoms with Crippen LogP contribution in [0.2, 0.25) is 0 Å². The lowest BCUT2D eigenvalue weighted by molar-refractivity contribution is -0.191. The minimum atomic E-state index is -0.246. The minimum absolute atomic E-state index is 0.246. The molecule has 0 unspecified atom stereocenters. The molecule has 2 aliphatic rings. The van der Waals surface area contributed by atoms with E-state index in [9.17, 15) is 4.79 Å². The smallest absolute Gasteiger partial charge is 0.276 e. The number of hydrogen-bond donors (Lipinski definition) is 1. The lowest BCUT2D eigenvalue weighted by atomic mass is 10.3. The van der Waals surface area contributed by atoms with Gasteiger partial charge in [-0.05, 0) is 18.2 Å². The van der Waals surface area contributed by atoms with Gasteiger partial charge in [-0.3, -0.25) is 14.6 Å². The number of nitrogens with one attached hydrogen (secondary N) is 1. The molecule has 0 aliphatic carbocycles. The molecule has 4 rings (SSSR count). The highest BCUT2D eigenvalue weighted by molar-refractivity contribution is 5.92. The molecule has 3 heterocycles. The maximum atomic E-state index is 12.5. The molecule has 2 aromatic rings. The van der Waals surface area contributed by atoms with Crippen LogP contribution >= 0.6 is 0 Å². The maximum Gasteiger partial charge on any atom is 0.276 e. The number of carbonyl (C=O) groups is 1. The van der Waals surface area contributed by atoms with Crippen LogP contribution in [0.5, 0.6) is 0 Å². The molecule has 0 radical (unpaired) electrons. The van der Waals surface area contributed by atoms with Crippen LogP contribution in [0.25, 0.3) is 17.1 Å². The third-order valence-electron chi connectivity index (χ3n) is 3.93. The van der Waals surface area contributed by atoms with Crippen molar-refractivity contribution >= 4 is 23.0 Å². The first-order valence-electron chi connectivity index (χ1n) is 7.87. The number of hydroxylamine groups is 2. The van der Waals surface area contributed by atoms with E-state index in [1.165, 1.54) is 11.1 Å².